The summed E-state index contributed by atoms with van der Waals surface area (Å²) in [7, 11) is -3.64. The molecule has 0 bridgehead atoms. The van der Waals surface area contributed by atoms with Gasteiger partial charge in [-0.25, -0.2) is 13.1 Å². The number of hydrogen-bond acceptors (Lipinski definition) is 5. The van der Waals surface area contributed by atoms with Gasteiger partial charge in [0.15, 0.2) is 0 Å². The van der Waals surface area contributed by atoms with Crippen LogP contribution in [0.2, 0.25) is 0 Å². The van der Waals surface area contributed by atoms with Crippen molar-refractivity contribution in [3.8, 4) is 0 Å². The van der Waals surface area contributed by atoms with Crippen LogP contribution >= 0.6 is 11.3 Å². The van der Waals surface area contributed by atoms with Gasteiger partial charge in [0.2, 0.25) is 15.9 Å². The van der Waals surface area contributed by atoms with E-state index in [1.807, 2.05) is 24.4 Å². The first kappa shape index (κ1) is 21.0. The molecule has 2 aromatic heterocycles. The number of rotatable bonds is 9. The van der Waals surface area contributed by atoms with Gasteiger partial charge in [-0.05, 0) is 54.3 Å². The second-order valence-electron chi connectivity index (χ2n) is 6.24. The van der Waals surface area contributed by atoms with Crippen molar-refractivity contribution in [2.45, 2.75) is 24.9 Å². The molecule has 0 aliphatic carbocycles. The van der Waals surface area contributed by atoms with E-state index in [1.165, 1.54) is 24.5 Å². The molecule has 0 aliphatic heterocycles. The maximum atomic E-state index is 12.4. The summed E-state index contributed by atoms with van der Waals surface area (Å²) in [6, 6.07) is 13.7. The molecular weight excluding hydrogens is 408 g/mol. The Balaban J connectivity index is 1.61. The van der Waals surface area contributed by atoms with Crippen LogP contribution in [0.1, 0.15) is 23.1 Å². The summed E-state index contributed by atoms with van der Waals surface area (Å²) < 4.78 is 32.3. The zero-order chi connectivity index (χ0) is 20.7. The maximum absolute atomic E-state index is 12.4. The van der Waals surface area contributed by atoms with E-state index in [9.17, 15) is 13.2 Å². The molecule has 8 heteroatoms. The van der Waals surface area contributed by atoms with Crippen molar-refractivity contribution in [2.24, 2.45) is 0 Å². The number of likely N-dealkylation sites (N-methyl/N-ethyl adjacent to an activating group) is 1. The van der Waals surface area contributed by atoms with E-state index in [2.05, 4.69) is 4.72 Å². The van der Waals surface area contributed by atoms with Gasteiger partial charge in [0.1, 0.15) is 5.76 Å². The quantitative estimate of drug-likeness (QED) is 0.523. The molecule has 6 nitrogen and oxygen atoms in total. The minimum atomic E-state index is -3.64. The topological polar surface area (TPSA) is 79.6 Å². The molecule has 0 aliphatic rings. The summed E-state index contributed by atoms with van der Waals surface area (Å²) in [6.45, 7) is 3.22. The van der Waals surface area contributed by atoms with Crippen LogP contribution < -0.4 is 4.72 Å². The number of nitrogens with one attached hydrogen (secondary N) is 1. The highest BCUT2D eigenvalue weighted by molar-refractivity contribution is 7.89. The molecule has 0 saturated carbocycles. The summed E-state index contributed by atoms with van der Waals surface area (Å²) in [5, 5.41) is 1.99. The van der Waals surface area contributed by atoms with Gasteiger partial charge in [-0.15, -0.1) is 11.3 Å². The van der Waals surface area contributed by atoms with E-state index in [0.717, 1.165) is 10.4 Å². The number of hydrogen-bond donors (Lipinski definition) is 1. The second kappa shape index (κ2) is 9.69. The fraction of sp³-hybridized carbons (Fsp3) is 0.190. The van der Waals surface area contributed by atoms with Gasteiger partial charge >= 0.3 is 0 Å². The Morgan fingerprint density at radius 2 is 1.97 bits per heavy atom. The van der Waals surface area contributed by atoms with Crippen molar-refractivity contribution in [1.82, 2.24) is 9.62 Å². The van der Waals surface area contributed by atoms with Gasteiger partial charge in [-0.2, -0.15) is 0 Å². The van der Waals surface area contributed by atoms with Crippen LogP contribution in [-0.4, -0.2) is 25.8 Å². The molecule has 0 saturated heterocycles. The lowest BCUT2D eigenvalue weighted by molar-refractivity contribution is -0.126. The maximum Gasteiger partial charge on any atom is 0.246 e. The summed E-state index contributed by atoms with van der Waals surface area (Å²) >= 11 is 1.62. The van der Waals surface area contributed by atoms with Crippen molar-refractivity contribution >= 4 is 33.3 Å². The zero-order valence-electron chi connectivity index (χ0n) is 15.9. The molecule has 3 rings (SSSR count). The third kappa shape index (κ3) is 5.90. The fourth-order valence-corrected chi connectivity index (χ4v) is 4.34. The van der Waals surface area contributed by atoms with Crippen LogP contribution in [0.4, 0.5) is 0 Å². The molecule has 0 atom stereocenters. The van der Waals surface area contributed by atoms with Gasteiger partial charge in [0, 0.05) is 17.5 Å². The molecule has 3 aromatic rings. The number of furan rings is 1. The van der Waals surface area contributed by atoms with Crippen LogP contribution in [0.25, 0.3) is 6.08 Å². The number of sulfonamides is 1. The third-order valence-electron chi connectivity index (χ3n) is 4.25. The van der Waals surface area contributed by atoms with E-state index in [-0.39, 0.29) is 17.3 Å². The van der Waals surface area contributed by atoms with E-state index in [1.54, 1.807) is 46.6 Å². The minimum absolute atomic E-state index is 0.0855. The molecule has 29 heavy (non-hydrogen) atoms. The van der Waals surface area contributed by atoms with Gasteiger partial charge < -0.3 is 9.32 Å². The zero-order valence-corrected chi connectivity index (χ0v) is 17.6. The third-order valence-corrected chi connectivity index (χ3v) is 6.52. The van der Waals surface area contributed by atoms with Gasteiger partial charge in [0.25, 0.3) is 0 Å². The molecule has 0 radical (unpaired) electrons. The Hall–Kier alpha value is -2.68. The fourth-order valence-electron chi connectivity index (χ4n) is 2.63. The number of benzene rings is 1. The summed E-state index contributed by atoms with van der Waals surface area (Å²) in [4.78, 5) is 15.5. The number of thiophene rings is 1. The molecule has 0 fully saturated rings. The van der Waals surface area contributed by atoms with Crippen LogP contribution in [0.5, 0.6) is 0 Å². The molecule has 2 heterocycles. The summed E-state index contributed by atoms with van der Waals surface area (Å²) in [6.07, 6.45) is 4.69. The lowest BCUT2D eigenvalue weighted by Gasteiger charge is -2.18. The van der Waals surface area contributed by atoms with E-state index in [0.29, 0.717) is 18.8 Å². The molecular formula is C21H22N2O4S2. The largest absolute Gasteiger partial charge is 0.468 e. The van der Waals surface area contributed by atoms with Crippen molar-refractivity contribution < 1.29 is 17.6 Å². The Labute approximate surface area is 174 Å². The van der Waals surface area contributed by atoms with Crippen LogP contribution in [0.15, 0.2) is 75.6 Å². The number of nitrogens with zero attached hydrogens (tertiary/aromatic N) is 1. The van der Waals surface area contributed by atoms with E-state index < -0.39 is 10.0 Å². The highest BCUT2D eigenvalue weighted by Crippen LogP contribution is 2.14. The first-order valence-electron chi connectivity index (χ1n) is 9.09. The Morgan fingerprint density at radius 3 is 2.59 bits per heavy atom. The number of carbonyl (C=O) groups excluding carboxylic acids is 1. The average Bonchev–Trinajstić information content (AvgIpc) is 3.43. The van der Waals surface area contributed by atoms with Gasteiger partial charge in [0.05, 0.1) is 24.2 Å². The highest BCUT2D eigenvalue weighted by atomic mass is 32.2. The van der Waals surface area contributed by atoms with Crippen molar-refractivity contribution in [2.75, 3.05) is 6.54 Å². The first-order chi connectivity index (χ1) is 14.0. The summed E-state index contributed by atoms with van der Waals surface area (Å²) in [5.41, 5.74) is 0.746. The molecule has 1 N–H and O–H groups in total. The predicted molar refractivity (Wildman–Crippen MR) is 114 cm³/mol. The Morgan fingerprint density at radius 1 is 1.17 bits per heavy atom. The van der Waals surface area contributed by atoms with Crippen LogP contribution in [0.3, 0.4) is 0 Å². The lowest BCUT2D eigenvalue weighted by Crippen LogP contribution is -2.28. The number of amides is 1. The normalized spacial score (nSPS) is 11.8. The van der Waals surface area contributed by atoms with Crippen LogP contribution in [0, 0.1) is 0 Å². The lowest BCUT2D eigenvalue weighted by atomic mass is 10.2. The van der Waals surface area contributed by atoms with Crippen molar-refractivity contribution in [3.05, 3.63) is 82.5 Å². The second-order valence-corrected chi connectivity index (χ2v) is 9.04. The molecule has 0 spiro atoms. The molecule has 152 valence electrons. The molecule has 1 aromatic carbocycles. The predicted octanol–water partition coefficient (Wildman–Crippen LogP) is 3.88. The van der Waals surface area contributed by atoms with Gasteiger partial charge in [-0.3, -0.25) is 4.79 Å². The molecule has 1 amide bonds. The number of carbonyl (C=O) groups is 1. The first-order valence-corrected chi connectivity index (χ1v) is 11.5. The van der Waals surface area contributed by atoms with Crippen LogP contribution in [-0.2, 0) is 27.9 Å². The minimum Gasteiger partial charge on any atom is -0.468 e. The smallest absolute Gasteiger partial charge is 0.246 e. The SMILES string of the molecule is CCN(Cc1cccs1)C(=O)/C=C/c1ccc(S(=O)(=O)NCc2ccco2)cc1. The Bertz CT molecular complexity index is 1040. The van der Waals surface area contributed by atoms with E-state index >= 15 is 0 Å². The summed E-state index contributed by atoms with van der Waals surface area (Å²) in [5.74, 6) is 0.451. The van der Waals surface area contributed by atoms with Gasteiger partial charge in [-0.1, -0.05) is 18.2 Å². The average molecular weight is 431 g/mol. The Kier molecular flexibility index (Phi) is 7.03. The highest BCUT2D eigenvalue weighted by Gasteiger charge is 2.14. The molecule has 0 unspecified atom stereocenters. The monoisotopic (exact) mass is 430 g/mol. The van der Waals surface area contributed by atoms with Crippen molar-refractivity contribution in [1.29, 1.82) is 0 Å². The van der Waals surface area contributed by atoms with E-state index in [4.69, 9.17) is 4.42 Å². The standard InChI is InChI=1S/C21H22N2O4S2/c1-2-23(16-19-6-4-14-28-19)21(24)12-9-17-7-10-20(11-8-17)29(25,26)22-15-18-5-3-13-27-18/h3-14,22H,2,15-16H2,1H3/b12-9+. The van der Waals surface area contributed by atoms with Crippen molar-refractivity contribution in [3.63, 3.8) is 0 Å².